The number of aliphatic hydroxyl groups is 2. The summed E-state index contributed by atoms with van der Waals surface area (Å²) < 4.78 is 5.49. The monoisotopic (exact) mass is 1000 g/mol. The van der Waals surface area contributed by atoms with Gasteiger partial charge in [-0.3, -0.25) is 9.59 Å². The maximum atomic E-state index is 12.5. The molecule has 424 valence electrons. The van der Waals surface area contributed by atoms with Gasteiger partial charge in [0.25, 0.3) is 0 Å². The quantitative estimate of drug-likeness (QED) is 0.0417. The number of aliphatic hydroxyl groups excluding tert-OH is 2. The van der Waals surface area contributed by atoms with Crippen LogP contribution in [0.2, 0.25) is 0 Å². The highest BCUT2D eigenvalue weighted by atomic mass is 16.5. The molecule has 0 rings (SSSR count). The van der Waals surface area contributed by atoms with Crippen molar-refractivity contribution in [3.05, 3.63) is 0 Å². The molecule has 71 heavy (non-hydrogen) atoms. The van der Waals surface area contributed by atoms with E-state index in [1.807, 2.05) is 0 Å². The normalized spacial score (nSPS) is 12.5. The molecular weight excluding hydrogens is 875 g/mol. The van der Waals surface area contributed by atoms with Crippen LogP contribution in [0.1, 0.15) is 380 Å². The van der Waals surface area contributed by atoms with E-state index in [0.717, 1.165) is 38.5 Å². The molecule has 0 aliphatic heterocycles. The molecule has 0 aliphatic rings. The lowest BCUT2D eigenvalue weighted by atomic mass is 10.0. The minimum absolute atomic E-state index is 0.0168. The van der Waals surface area contributed by atoms with Gasteiger partial charge in [-0.1, -0.05) is 341 Å². The molecule has 0 bridgehead atoms. The lowest BCUT2D eigenvalue weighted by molar-refractivity contribution is -0.143. The van der Waals surface area contributed by atoms with Crippen molar-refractivity contribution < 1.29 is 24.5 Å². The summed E-state index contributed by atoms with van der Waals surface area (Å²) in [5, 5.41) is 23.4. The van der Waals surface area contributed by atoms with Gasteiger partial charge in [0.15, 0.2) is 0 Å². The van der Waals surface area contributed by atoms with Crippen molar-refractivity contribution in [1.82, 2.24) is 5.32 Å². The molecule has 3 N–H and O–H groups in total. The zero-order chi connectivity index (χ0) is 51.4. The Morgan fingerprint density at radius 3 is 0.859 bits per heavy atom. The van der Waals surface area contributed by atoms with Crippen LogP contribution < -0.4 is 5.32 Å². The summed E-state index contributed by atoms with van der Waals surface area (Å²) in [6.45, 7) is 4.99. The van der Waals surface area contributed by atoms with E-state index >= 15 is 0 Å². The summed E-state index contributed by atoms with van der Waals surface area (Å²) in [5.74, 6) is -0.0140. The number of carbonyl (C=O) groups excluding carboxylic acids is 2. The second-order valence-corrected chi connectivity index (χ2v) is 22.8. The second kappa shape index (κ2) is 61.4. The summed E-state index contributed by atoms with van der Waals surface area (Å²) in [7, 11) is 0. The first-order valence-corrected chi connectivity index (χ1v) is 32.8. The fourth-order valence-electron chi connectivity index (χ4n) is 10.6. The van der Waals surface area contributed by atoms with Crippen molar-refractivity contribution in [2.75, 3.05) is 13.2 Å². The third kappa shape index (κ3) is 58.0. The zero-order valence-electron chi connectivity index (χ0n) is 48.5. The largest absolute Gasteiger partial charge is 0.466 e. The Kier molecular flexibility index (Phi) is 60.4. The Morgan fingerprint density at radius 1 is 0.338 bits per heavy atom. The summed E-state index contributed by atoms with van der Waals surface area (Å²) >= 11 is 0. The van der Waals surface area contributed by atoms with Crippen molar-refractivity contribution in [3.63, 3.8) is 0 Å². The topological polar surface area (TPSA) is 95.9 Å². The maximum Gasteiger partial charge on any atom is 0.305 e. The Bertz CT molecular complexity index is 1020. The van der Waals surface area contributed by atoms with Crippen LogP contribution in [0.5, 0.6) is 0 Å². The number of hydrogen-bond acceptors (Lipinski definition) is 5. The molecule has 0 aromatic heterocycles. The van der Waals surface area contributed by atoms with E-state index in [0.29, 0.717) is 25.9 Å². The van der Waals surface area contributed by atoms with Crippen molar-refractivity contribution >= 4 is 11.9 Å². The molecular formula is C65H129NO5. The first-order valence-electron chi connectivity index (χ1n) is 32.8. The summed E-state index contributed by atoms with van der Waals surface area (Å²) in [5.41, 5.74) is 0. The van der Waals surface area contributed by atoms with Gasteiger partial charge < -0.3 is 20.3 Å². The predicted octanol–water partition coefficient (Wildman–Crippen LogP) is 20.6. The molecule has 0 radical (unpaired) electrons. The molecule has 0 aromatic carbocycles. The van der Waals surface area contributed by atoms with Crippen molar-refractivity contribution in [2.45, 2.75) is 392 Å². The zero-order valence-corrected chi connectivity index (χ0v) is 48.5. The average molecular weight is 1000 g/mol. The van der Waals surface area contributed by atoms with E-state index in [1.54, 1.807) is 0 Å². The molecule has 0 heterocycles. The number of carbonyl (C=O) groups is 2. The van der Waals surface area contributed by atoms with Crippen LogP contribution in [0.3, 0.4) is 0 Å². The minimum Gasteiger partial charge on any atom is -0.466 e. The lowest BCUT2D eigenvalue weighted by Gasteiger charge is -2.22. The summed E-state index contributed by atoms with van der Waals surface area (Å²) in [6.07, 6.45) is 72.6. The Labute approximate surface area is 445 Å². The number of esters is 1. The Morgan fingerprint density at radius 2 is 0.577 bits per heavy atom. The van der Waals surface area contributed by atoms with E-state index in [9.17, 15) is 19.8 Å². The van der Waals surface area contributed by atoms with Gasteiger partial charge in [-0.25, -0.2) is 0 Å². The number of ether oxygens (including phenoxy) is 1. The standard InChI is InChI=1S/C65H129NO5/c1-3-5-7-9-11-13-15-17-19-20-27-30-33-37-41-45-49-53-57-63(68)62(61-67)66-64(69)58-54-50-46-42-38-34-31-28-25-23-21-22-24-26-29-32-36-40-44-48-52-56-60-71-65(70)59-55-51-47-43-39-35-18-16-14-12-10-8-6-4-2/h62-63,67-68H,3-61H2,1-2H3,(H,66,69). The highest BCUT2D eigenvalue weighted by Crippen LogP contribution is 2.19. The first kappa shape index (κ1) is 69.9. The van der Waals surface area contributed by atoms with Crippen LogP contribution in [0.4, 0.5) is 0 Å². The highest BCUT2D eigenvalue weighted by molar-refractivity contribution is 5.76. The van der Waals surface area contributed by atoms with Gasteiger partial charge in [0, 0.05) is 12.8 Å². The third-order valence-electron chi connectivity index (χ3n) is 15.7. The molecule has 0 saturated heterocycles. The SMILES string of the molecule is CCCCCCCCCCCCCCCCCCCCC(O)C(CO)NC(=O)CCCCCCCCCCCCCCCCCCCCCCCCOC(=O)CCCCCCCCCCCCCCCC. The fourth-order valence-corrected chi connectivity index (χ4v) is 10.6. The number of unbranched alkanes of at least 4 members (excludes halogenated alkanes) is 51. The molecule has 0 aromatic rings. The van der Waals surface area contributed by atoms with Crippen LogP contribution in [-0.4, -0.2) is 47.4 Å². The molecule has 2 unspecified atom stereocenters. The molecule has 1 amide bonds. The van der Waals surface area contributed by atoms with E-state index in [4.69, 9.17) is 4.74 Å². The highest BCUT2D eigenvalue weighted by Gasteiger charge is 2.20. The molecule has 6 heteroatoms. The van der Waals surface area contributed by atoms with Gasteiger partial charge in [0.05, 0.1) is 25.4 Å². The Balaban J connectivity index is 3.36. The summed E-state index contributed by atoms with van der Waals surface area (Å²) in [4.78, 5) is 24.6. The van der Waals surface area contributed by atoms with Gasteiger partial charge in [-0.05, 0) is 25.7 Å². The molecule has 6 nitrogen and oxygen atoms in total. The van der Waals surface area contributed by atoms with Crippen LogP contribution in [0, 0.1) is 0 Å². The average Bonchev–Trinajstić information content (AvgIpc) is 3.37. The number of rotatable bonds is 62. The van der Waals surface area contributed by atoms with Gasteiger partial charge in [-0.15, -0.1) is 0 Å². The van der Waals surface area contributed by atoms with Crippen LogP contribution >= 0.6 is 0 Å². The Hall–Kier alpha value is -1.14. The molecule has 0 spiro atoms. The molecule has 0 fully saturated rings. The van der Waals surface area contributed by atoms with Crippen LogP contribution in [0.15, 0.2) is 0 Å². The number of amides is 1. The van der Waals surface area contributed by atoms with Gasteiger partial charge in [0.1, 0.15) is 0 Å². The minimum atomic E-state index is -0.664. The van der Waals surface area contributed by atoms with Crippen molar-refractivity contribution in [2.24, 2.45) is 0 Å². The third-order valence-corrected chi connectivity index (χ3v) is 15.7. The smallest absolute Gasteiger partial charge is 0.305 e. The number of nitrogens with one attached hydrogen (secondary N) is 1. The lowest BCUT2D eigenvalue weighted by Crippen LogP contribution is -2.45. The first-order chi connectivity index (χ1) is 35.0. The van der Waals surface area contributed by atoms with E-state index in [-0.39, 0.29) is 18.5 Å². The van der Waals surface area contributed by atoms with Crippen molar-refractivity contribution in [1.29, 1.82) is 0 Å². The van der Waals surface area contributed by atoms with Gasteiger partial charge >= 0.3 is 5.97 Å². The van der Waals surface area contributed by atoms with E-state index < -0.39 is 12.1 Å². The van der Waals surface area contributed by atoms with Gasteiger partial charge in [0.2, 0.25) is 5.91 Å². The van der Waals surface area contributed by atoms with Gasteiger partial charge in [-0.2, -0.15) is 0 Å². The molecule has 0 aliphatic carbocycles. The van der Waals surface area contributed by atoms with E-state index in [2.05, 4.69) is 19.2 Å². The van der Waals surface area contributed by atoms with E-state index in [1.165, 1.54) is 308 Å². The van der Waals surface area contributed by atoms with Crippen LogP contribution in [0.25, 0.3) is 0 Å². The predicted molar refractivity (Wildman–Crippen MR) is 310 cm³/mol. The molecule has 0 saturated carbocycles. The van der Waals surface area contributed by atoms with Crippen LogP contribution in [-0.2, 0) is 14.3 Å². The second-order valence-electron chi connectivity index (χ2n) is 22.8. The fraction of sp³-hybridized carbons (Fsp3) is 0.969. The van der Waals surface area contributed by atoms with Crippen molar-refractivity contribution in [3.8, 4) is 0 Å². The maximum absolute atomic E-state index is 12.5. The number of hydrogen-bond donors (Lipinski definition) is 3. The molecule has 2 atom stereocenters. The summed E-state index contributed by atoms with van der Waals surface area (Å²) in [6, 6.07) is -0.541.